The van der Waals surface area contributed by atoms with E-state index in [4.69, 9.17) is 0 Å². The lowest BCUT2D eigenvalue weighted by atomic mass is 10.2. The van der Waals surface area contributed by atoms with Crippen LogP contribution in [0.25, 0.3) is 0 Å². The van der Waals surface area contributed by atoms with Crippen molar-refractivity contribution in [3.63, 3.8) is 0 Å². The fourth-order valence-electron chi connectivity index (χ4n) is 2.83. The summed E-state index contributed by atoms with van der Waals surface area (Å²) < 4.78 is 23.3. The van der Waals surface area contributed by atoms with Gasteiger partial charge in [-0.2, -0.15) is 0 Å². The van der Waals surface area contributed by atoms with Crippen molar-refractivity contribution in [2.75, 3.05) is 29.5 Å². The summed E-state index contributed by atoms with van der Waals surface area (Å²) in [7, 11) is -2.92. The quantitative estimate of drug-likeness (QED) is 0.764. The lowest BCUT2D eigenvalue weighted by molar-refractivity contribution is 0.0948. The molecule has 1 amide bonds. The largest absolute Gasteiger partial charge is 0.367 e. The number of rotatable bonds is 7. The lowest BCUT2D eigenvalue weighted by Gasteiger charge is -2.28. The zero-order valence-electron chi connectivity index (χ0n) is 13.8. The summed E-state index contributed by atoms with van der Waals surface area (Å²) >= 11 is 0. The molecule has 6 nitrogen and oxygen atoms in total. The summed E-state index contributed by atoms with van der Waals surface area (Å²) in [6.07, 6.45) is 4.28. The van der Waals surface area contributed by atoms with Crippen molar-refractivity contribution in [2.45, 2.75) is 39.2 Å². The van der Waals surface area contributed by atoms with E-state index in [0.717, 1.165) is 18.5 Å². The van der Waals surface area contributed by atoms with Gasteiger partial charge in [0.15, 0.2) is 9.84 Å². The van der Waals surface area contributed by atoms with Crippen molar-refractivity contribution in [3.8, 4) is 0 Å². The van der Waals surface area contributed by atoms with Crippen molar-refractivity contribution in [2.24, 2.45) is 0 Å². The number of carbonyl (C=O) groups excluding carboxylic acids is 1. The Bertz CT molecular complexity index is 628. The molecule has 1 N–H and O–H groups in total. The molecule has 2 rings (SSSR count). The number of carbonyl (C=O) groups is 1. The van der Waals surface area contributed by atoms with E-state index in [1.165, 1.54) is 0 Å². The van der Waals surface area contributed by atoms with Gasteiger partial charge < -0.3 is 10.2 Å². The molecule has 1 aliphatic rings. The van der Waals surface area contributed by atoms with E-state index in [2.05, 4.69) is 22.1 Å². The van der Waals surface area contributed by atoms with Crippen LogP contribution in [0.3, 0.4) is 0 Å². The summed E-state index contributed by atoms with van der Waals surface area (Å²) in [4.78, 5) is 18.2. The van der Waals surface area contributed by atoms with E-state index in [1.807, 2.05) is 13.0 Å². The second-order valence-corrected chi connectivity index (χ2v) is 8.08. The van der Waals surface area contributed by atoms with E-state index < -0.39 is 9.84 Å². The molecular formula is C16H25N3O3S. The Labute approximate surface area is 138 Å². The highest BCUT2D eigenvalue weighted by Crippen LogP contribution is 2.23. The second-order valence-electron chi connectivity index (χ2n) is 5.85. The smallest absolute Gasteiger partial charge is 0.269 e. The van der Waals surface area contributed by atoms with Crippen molar-refractivity contribution >= 4 is 21.4 Å². The van der Waals surface area contributed by atoms with E-state index in [0.29, 0.717) is 25.2 Å². The topological polar surface area (TPSA) is 79.4 Å². The van der Waals surface area contributed by atoms with E-state index >= 15 is 0 Å². The van der Waals surface area contributed by atoms with Crippen LogP contribution in [0.15, 0.2) is 18.3 Å². The van der Waals surface area contributed by atoms with Gasteiger partial charge in [-0.05, 0) is 31.9 Å². The van der Waals surface area contributed by atoms with Gasteiger partial charge in [0, 0.05) is 19.1 Å². The maximum atomic E-state index is 11.9. The Balaban J connectivity index is 2.04. The zero-order valence-corrected chi connectivity index (χ0v) is 14.6. The standard InChI is InChI=1S/C16H25N3O3S/c1-3-5-9-17-16(20)15-7-6-13(11-18-15)19(4-2)14-8-10-23(21,22)12-14/h6-7,11,14H,3-5,8-10,12H2,1-2H3,(H,17,20). The third-order valence-corrected chi connectivity index (χ3v) is 5.87. The van der Waals surface area contributed by atoms with Gasteiger partial charge in [0.05, 0.1) is 23.4 Å². The van der Waals surface area contributed by atoms with E-state index in [9.17, 15) is 13.2 Å². The van der Waals surface area contributed by atoms with Crippen LogP contribution in [0, 0.1) is 0 Å². The van der Waals surface area contributed by atoms with Crippen molar-refractivity contribution in [1.29, 1.82) is 0 Å². The average molecular weight is 339 g/mol. The third-order valence-electron chi connectivity index (χ3n) is 4.12. The van der Waals surface area contributed by atoms with Gasteiger partial charge in [-0.1, -0.05) is 13.3 Å². The van der Waals surface area contributed by atoms with Crippen LogP contribution in [0.2, 0.25) is 0 Å². The molecule has 0 radical (unpaired) electrons. The number of amides is 1. The minimum atomic E-state index is -2.92. The van der Waals surface area contributed by atoms with Gasteiger partial charge >= 0.3 is 0 Å². The number of nitrogens with one attached hydrogen (secondary N) is 1. The number of anilines is 1. The number of hydrogen-bond acceptors (Lipinski definition) is 5. The van der Waals surface area contributed by atoms with Crippen LogP contribution < -0.4 is 10.2 Å². The van der Waals surface area contributed by atoms with Crippen molar-refractivity contribution in [3.05, 3.63) is 24.0 Å². The monoisotopic (exact) mass is 339 g/mol. The highest BCUT2D eigenvalue weighted by Gasteiger charge is 2.31. The number of pyridine rings is 1. The van der Waals surface area contributed by atoms with Crippen molar-refractivity contribution < 1.29 is 13.2 Å². The maximum Gasteiger partial charge on any atom is 0.269 e. The minimum Gasteiger partial charge on any atom is -0.367 e. The zero-order chi connectivity index (χ0) is 16.9. The highest BCUT2D eigenvalue weighted by atomic mass is 32.2. The van der Waals surface area contributed by atoms with Gasteiger partial charge in [0.1, 0.15) is 5.69 Å². The predicted molar refractivity (Wildman–Crippen MR) is 91.6 cm³/mol. The number of unbranched alkanes of at least 4 members (excludes halogenated alkanes) is 1. The van der Waals surface area contributed by atoms with Gasteiger partial charge in [-0.25, -0.2) is 13.4 Å². The van der Waals surface area contributed by atoms with Gasteiger partial charge in [0.25, 0.3) is 5.91 Å². The lowest BCUT2D eigenvalue weighted by Crippen LogP contribution is -2.36. The fraction of sp³-hybridized carbons (Fsp3) is 0.625. The van der Waals surface area contributed by atoms with Gasteiger partial charge in [0.2, 0.25) is 0 Å². The molecule has 1 fully saturated rings. The summed E-state index contributed by atoms with van der Waals surface area (Å²) in [5.41, 5.74) is 1.25. The van der Waals surface area contributed by atoms with Gasteiger partial charge in [-0.3, -0.25) is 4.79 Å². The summed E-state index contributed by atoms with van der Waals surface area (Å²) in [6, 6.07) is 3.54. The van der Waals surface area contributed by atoms with E-state index in [-0.39, 0.29) is 23.5 Å². The first kappa shape index (κ1) is 17.7. The molecule has 1 aromatic rings. The van der Waals surface area contributed by atoms with Crippen LogP contribution in [0.1, 0.15) is 43.6 Å². The number of hydrogen-bond donors (Lipinski definition) is 1. The maximum absolute atomic E-state index is 11.9. The molecule has 0 aromatic carbocycles. The molecule has 2 heterocycles. The van der Waals surface area contributed by atoms with E-state index in [1.54, 1.807) is 12.3 Å². The molecule has 1 unspecified atom stereocenters. The molecule has 0 saturated carbocycles. The third kappa shape index (κ3) is 4.67. The highest BCUT2D eigenvalue weighted by molar-refractivity contribution is 7.91. The van der Waals surface area contributed by atoms with Crippen LogP contribution >= 0.6 is 0 Å². The van der Waals surface area contributed by atoms with Crippen LogP contribution in [0.5, 0.6) is 0 Å². The first-order chi connectivity index (χ1) is 11.0. The number of sulfone groups is 1. The van der Waals surface area contributed by atoms with Gasteiger partial charge in [-0.15, -0.1) is 0 Å². The van der Waals surface area contributed by atoms with Crippen molar-refractivity contribution in [1.82, 2.24) is 10.3 Å². The summed E-state index contributed by atoms with van der Waals surface area (Å²) in [6.45, 7) is 5.43. The normalized spacial score (nSPS) is 19.5. The van der Waals surface area contributed by atoms with Crippen LogP contribution in [-0.2, 0) is 9.84 Å². The Kier molecular flexibility index (Phi) is 5.98. The number of aromatic nitrogens is 1. The molecule has 1 aliphatic heterocycles. The first-order valence-corrected chi connectivity index (χ1v) is 10.00. The molecule has 128 valence electrons. The SMILES string of the molecule is CCCCNC(=O)c1ccc(N(CC)C2CCS(=O)(=O)C2)cn1. The Morgan fingerprint density at radius 2 is 2.17 bits per heavy atom. The molecule has 1 aromatic heterocycles. The number of nitrogens with zero attached hydrogens (tertiary/aromatic N) is 2. The van der Waals surface area contributed by atoms with Crippen LogP contribution in [-0.4, -0.2) is 49.9 Å². The Morgan fingerprint density at radius 1 is 1.39 bits per heavy atom. The van der Waals surface area contributed by atoms with Crippen LogP contribution in [0.4, 0.5) is 5.69 Å². The molecule has 1 saturated heterocycles. The molecular weight excluding hydrogens is 314 g/mol. The Morgan fingerprint density at radius 3 is 2.70 bits per heavy atom. The molecule has 0 aliphatic carbocycles. The fourth-order valence-corrected chi connectivity index (χ4v) is 4.56. The minimum absolute atomic E-state index is 0.00368. The molecule has 7 heteroatoms. The molecule has 1 atom stereocenters. The summed E-state index contributed by atoms with van der Waals surface area (Å²) in [5, 5.41) is 2.83. The molecule has 0 spiro atoms. The second kappa shape index (κ2) is 7.77. The average Bonchev–Trinajstić information content (AvgIpc) is 2.89. The predicted octanol–water partition coefficient (Wildman–Crippen LogP) is 1.62. The first-order valence-electron chi connectivity index (χ1n) is 8.18. The Hall–Kier alpha value is -1.63. The molecule has 23 heavy (non-hydrogen) atoms. The summed E-state index contributed by atoms with van der Waals surface area (Å²) in [5.74, 6) is 0.274. The molecule has 0 bridgehead atoms.